The van der Waals surface area contributed by atoms with Crippen LogP contribution in [0.3, 0.4) is 0 Å². The molecule has 0 aliphatic rings. The summed E-state index contributed by atoms with van der Waals surface area (Å²) in [5, 5.41) is 4.20. The van der Waals surface area contributed by atoms with Crippen LogP contribution >= 0.6 is 27.3 Å². The summed E-state index contributed by atoms with van der Waals surface area (Å²) in [5.74, 6) is 0. The van der Waals surface area contributed by atoms with E-state index >= 15 is 0 Å². The maximum Gasteiger partial charge on any atom is 0.271 e. The minimum Gasteiger partial charge on any atom is -0.267 e. The highest BCUT2D eigenvalue weighted by Gasteiger charge is 1.99. The van der Waals surface area contributed by atoms with Crippen LogP contribution in [0.25, 0.3) is 0 Å². The van der Waals surface area contributed by atoms with Crippen LogP contribution < -0.4 is 5.56 Å². The maximum absolute atomic E-state index is 11.7. The van der Waals surface area contributed by atoms with E-state index in [0.717, 1.165) is 19.9 Å². The zero-order valence-electron chi connectivity index (χ0n) is 9.48. The molecule has 2 aromatic heterocycles. The summed E-state index contributed by atoms with van der Waals surface area (Å²) in [5.41, 5.74) is 1.69. The third-order valence-electron chi connectivity index (χ3n) is 2.22. The number of halogens is 1. The molecule has 2 aromatic rings. The first-order valence-electron chi connectivity index (χ1n) is 5.06. The fraction of sp³-hybridized carbons (Fsp3) is 0.167. The van der Waals surface area contributed by atoms with Gasteiger partial charge in [-0.1, -0.05) is 0 Å². The van der Waals surface area contributed by atoms with Crippen molar-refractivity contribution in [3.8, 4) is 0 Å². The average Bonchev–Trinajstić information content (AvgIpc) is 2.62. The molecular formula is C12H11BrN2OS. The van der Waals surface area contributed by atoms with E-state index in [9.17, 15) is 4.79 Å². The Morgan fingerprint density at radius 3 is 2.71 bits per heavy atom. The Bertz CT molecular complexity index is 628. The van der Waals surface area contributed by atoms with E-state index in [-0.39, 0.29) is 5.56 Å². The number of nitrogens with zero attached hydrogens (tertiary/aromatic N) is 2. The van der Waals surface area contributed by atoms with E-state index in [0.29, 0.717) is 0 Å². The van der Waals surface area contributed by atoms with Gasteiger partial charge in [0.15, 0.2) is 0 Å². The monoisotopic (exact) mass is 310 g/mol. The van der Waals surface area contributed by atoms with Gasteiger partial charge in [-0.2, -0.15) is 5.10 Å². The molecule has 3 nitrogen and oxygen atoms in total. The minimum absolute atomic E-state index is 0.102. The molecule has 0 amide bonds. The van der Waals surface area contributed by atoms with Crippen molar-refractivity contribution in [3.63, 3.8) is 0 Å². The number of rotatable bonds is 2. The van der Waals surface area contributed by atoms with Gasteiger partial charge in [0.05, 0.1) is 10.0 Å². The molecule has 0 aliphatic heterocycles. The molecule has 5 heteroatoms. The smallest absolute Gasteiger partial charge is 0.267 e. The fourth-order valence-electron chi connectivity index (χ4n) is 1.52. The highest BCUT2D eigenvalue weighted by molar-refractivity contribution is 9.11. The van der Waals surface area contributed by atoms with Crippen LogP contribution in [0.2, 0.25) is 0 Å². The predicted octanol–water partition coefficient (Wildman–Crippen LogP) is 3.17. The van der Waals surface area contributed by atoms with Gasteiger partial charge >= 0.3 is 0 Å². The van der Waals surface area contributed by atoms with Gasteiger partial charge in [-0.05, 0) is 53.5 Å². The lowest BCUT2D eigenvalue weighted by Crippen LogP contribution is -2.18. The SMILES string of the molecule is Cc1cc(C)n(/N=C/c2ccc(Br)s2)c(=O)c1. The Morgan fingerprint density at radius 1 is 1.35 bits per heavy atom. The molecule has 0 atom stereocenters. The van der Waals surface area contributed by atoms with Gasteiger partial charge < -0.3 is 0 Å². The molecular weight excluding hydrogens is 300 g/mol. The molecule has 88 valence electrons. The zero-order chi connectivity index (χ0) is 12.4. The molecule has 2 heterocycles. The summed E-state index contributed by atoms with van der Waals surface area (Å²) in [6.45, 7) is 3.77. The second-order valence-electron chi connectivity index (χ2n) is 3.71. The van der Waals surface area contributed by atoms with Gasteiger partial charge in [0.2, 0.25) is 0 Å². The molecule has 0 aliphatic carbocycles. The second kappa shape index (κ2) is 4.98. The van der Waals surface area contributed by atoms with Crippen molar-refractivity contribution in [2.75, 3.05) is 0 Å². The highest BCUT2D eigenvalue weighted by Crippen LogP contribution is 2.20. The van der Waals surface area contributed by atoms with Crippen molar-refractivity contribution in [1.29, 1.82) is 0 Å². The lowest BCUT2D eigenvalue weighted by atomic mass is 10.2. The molecule has 0 saturated heterocycles. The molecule has 0 unspecified atom stereocenters. The van der Waals surface area contributed by atoms with Crippen molar-refractivity contribution in [1.82, 2.24) is 4.68 Å². The number of aryl methyl sites for hydroxylation is 2. The molecule has 0 N–H and O–H groups in total. The van der Waals surface area contributed by atoms with E-state index in [1.54, 1.807) is 23.6 Å². The normalized spacial score (nSPS) is 11.2. The Hall–Kier alpha value is -1.20. The molecule has 0 spiro atoms. The van der Waals surface area contributed by atoms with E-state index in [1.807, 2.05) is 32.0 Å². The molecule has 0 bridgehead atoms. The lowest BCUT2D eigenvalue weighted by Gasteiger charge is -2.03. The third-order valence-corrected chi connectivity index (χ3v) is 3.78. The van der Waals surface area contributed by atoms with Gasteiger partial charge in [-0.3, -0.25) is 4.79 Å². The summed E-state index contributed by atoms with van der Waals surface area (Å²) in [6, 6.07) is 7.42. The van der Waals surface area contributed by atoms with Gasteiger partial charge in [-0.15, -0.1) is 11.3 Å². The standard InChI is InChI=1S/C12H11BrN2OS/c1-8-5-9(2)15(12(16)6-8)14-7-10-3-4-11(13)17-10/h3-7H,1-2H3/b14-7+. The summed E-state index contributed by atoms with van der Waals surface area (Å²) in [6.07, 6.45) is 1.69. The summed E-state index contributed by atoms with van der Waals surface area (Å²) < 4.78 is 2.45. The molecule has 17 heavy (non-hydrogen) atoms. The number of hydrogen-bond acceptors (Lipinski definition) is 3. The number of aromatic nitrogens is 1. The van der Waals surface area contributed by atoms with Gasteiger partial charge in [0.1, 0.15) is 0 Å². The minimum atomic E-state index is -0.102. The molecule has 0 saturated carbocycles. The summed E-state index contributed by atoms with van der Waals surface area (Å²) >= 11 is 4.96. The van der Waals surface area contributed by atoms with E-state index < -0.39 is 0 Å². The quantitative estimate of drug-likeness (QED) is 0.785. The zero-order valence-corrected chi connectivity index (χ0v) is 11.9. The van der Waals surface area contributed by atoms with Crippen LogP contribution in [0, 0.1) is 13.8 Å². The summed E-state index contributed by atoms with van der Waals surface area (Å²) in [7, 11) is 0. The summed E-state index contributed by atoms with van der Waals surface area (Å²) in [4.78, 5) is 12.7. The Kier molecular flexibility index (Phi) is 3.59. The van der Waals surface area contributed by atoms with E-state index in [2.05, 4.69) is 21.0 Å². The van der Waals surface area contributed by atoms with Crippen molar-refractivity contribution < 1.29 is 0 Å². The third kappa shape index (κ3) is 2.92. The number of pyridine rings is 1. The predicted molar refractivity (Wildman–Crippen MR) is 75.2 cm³/mol. The van der Waals surface area contributed by atoms with Crippen molar-refractivity contribution in [3.05, 3.63) is 54.5 Å². The van der Waals surface area contributed by atoms with Crippen LogP contribution in [0.1, 0.15) is 16.1 Å². The number of hydrogen-bond donors (Lipinski definition) is 0. The van der Waals surface area contributed by atoms with Crippen LogP contribution in [0.4, 0.5) is 0 Å². The molecule has 0 aromatic carbocycles. The first-order valence-corrected chi connectivity index (χ1v) is 6.67. The van der Waals surface area contributed by atoms with E-state index in [4.69, 9.17) is 0 Å². The van der Waals surface area contributed by atoms with Crippen molar-refractivity contribution in [2.45, 2.75) is 13.8 Å². The fourth-order valence-corrected chi connectivity index (χ4v) is 2.81. The van der Waals surface area contributed by atoms with Gasteiger partial charge in [0, 0.05) is 16.6 Å². The first-order chi connectivity index (χ1) is 8.06. The van der Waals surface area contributed by atoms with Gasteiger partial charge in [-0.25, -0.2) is 4.68 Å². The lowest BCUT2D eigenvalue weighted by molar-refractivity contribution is 0.791. The van der Waals surface area contributed by atoms with Crippen LogP contribution in [-0.2, 0) is 0 Å². The molecule has 0 radical (unpaired) electrons. The van der Waals surface area contributed by atoms with Crippen molar-refractivity contribution in [2.24, 2.45) is 5.10 Å². The van der Waals surface area contributed by atoms with Crippen LogP contribution in [0.5, 0.6) is 0 Å². The Morgan fingerprint density at radius 2 is 2.12 bits per heavy atom. The number of thiophene rings is 1. The average molecular weight is 311 g/mol. The largest absolute Gasteiger partial charge is 0.271 e. The highest BCUT2D eigenvalue weighted by atomic mass is 79.9. The van der Waals surface area contributed by atoms with Crippen LogP contribution in [0.15, 0.2) is 37.9 Å². The Labute approximate surface area is 112 Å². The van der Waals surface area contributed by atoms with E-state index in [1.165, 1.54) is 4.68 Å². The molecule has 0 fully saturated rings. The van der Waals surface area contributed by atoms with Crippen LogP contribution in [-0.4, -0.2) is 10.9 Å². The maximum atomic E-state index is 11.7. The Balaban J connectivity index is 2.36. The van der Waals surface area contributed by atoms with Crippen molar-refractivity contribution >= 4 is 33.5 Å². The topological polar surface area (TPSA) is 34.4 Å². The van der Waals surface area contributed by atoms with Gasteiger partial charge in [0.25, 0.3) is 5.56 Å². The second-order valence-corrected chi connectivity index (χ2v) is 6.21. The molecule has 2 rings (SSSR count). The first kappa shape index (κ1) is 12.3.